The van der Waals surface area contributed by atoms with E-state index in [0.29, 0.717) is 17.3 Å². The van der Waals surface area contributed by atoms with Crippen molar-refractivity contribution < 1.29 is 5.11 Å². The number of nitrogens with zero attached hydrogens (tertiary/aromatic N) is 3. The number of rotatable bonds is 2. The molecule has 0 bridgehead atoms. The average molecular weight is 262 g/mol. The molecule has 1 aromatic carbocycles. The summed E-state index contributed by atoms with van der Waals surface area (Å²) in [6.45, 7) is 2.62. The first-order chi connectivity index (χ1) is 8.65. The maximum absolute atomic E-state index is 10.0. The van der Waals surface area contributed by atoms with E-state index >= 15 is 0 Å². The maximum atomic E-state index is 10.0. The lowest BCUT2D eigenvalue weighted by Gasteiger charge is -1.96. The first-order valence-corrected chi connectivity index (χ1v) is 6.02. The average Bonchev–Trinajstić information content (AvgIpc) is 2.61. The highest BCUT2D eigenvalue weighted by Crippen LogP contribution is 2.37. The van der Waals surface area contributed by atoms with Crippen LogP contribution < -0.4 is 5.32 Å². The molecule has 2 N–H and O–H groups in total. The molecule has 2 aromatic rings. The summed E-state index contributed by atoms with van der Waals surface area (Å²) < 4.78 is 1.67. The Morgan fingerprint density at radius 2 is 2.17 bits per heavy atom. The number of benzene rings is 1. The van der Waals surface area contributed by atoms with Crippen LogP contribution in [0.5, 0.6) is 5.88 Å². The number of aromatic nitrogens is 1. The highest BCUT2D eigenvalue weighted by Gasteiger charge is 2.13. The van der Waals surface area contributed by atoms with Crippen LogP contribution in [0.1, 0.15) is 6.92 Å². The number of aromatic hydroxyl groups is 1. The molecule has 0 spiro atoms. The largest absolute Gasteiger partial charge is 0.493 e. The van der Waals surface area contributed by atoms with Gasteiger partial charge in [0, 0.05) is 19.0 Å². The molecule has 1 heterocycles. The first-order valence-electron chi connectivity index (χ1n) is 5.61. The van der Waals surface area contributed by atoms with Crippen LogP contribution in [0.25, 0.3) is 10.9 Å². The lowest BCUT2D eigenvalue weighted by molar-refractivity contribution is 0.436. The van der Waals surface area contributed by atoms with Gasteiger partial charge >= 0.3 is 0 Å². The number of azo groups is 1. The Hall–Kier alpha value is -1.95. The fraction of sp³-hybridized carbons (Fsp3) is 0.250. The van der Waals surface area contributed by atoms with E-state index in [0.717, 1.165) is 10.9 Å². The van der Waals surface area contributed by atoms with Crippen LogP contribution in [0.15, 0.2) is 34.5 Å². The second-order valence-electron chi connectivity index (χ2n) is 3.78. The molecular weight excluding hydrogens is 248 g/mol. The minimum Gasteiger partial charge on any atom is -0.493 e. The molecule has 0 aliphatic carbocycles. The molecule has 0 aliphatic rings. The minimum atomic E-state index is 0.0826. The van der Waals surface area contributed by atoms with E-state index in [2.05, 4.69) is 15.5 Å². The number of hydrogen-bond acceptors (Lipinski definition) is 3. The van der Waals surface area contributed by atoms with E-state index in [1.165, 1.54) is 0 Å². The molecule has 0 fully saturated rings. The molecule has 0 saturated carbocycles. The Morgan fingerprint density at radius 1 is 1.44 bits per heavy atom. The van der Waals surface area contributed by atoms with Crippen molar-refractivity contribution in [3.05, 3.63) is 24.3 Å². The van der Waals surface area contributed by atoms with Crippen LogP contribution in [0.2, 0.25) is 0 Å². The van der Waals surface area contributed by atoms with Gasteiger partial charge in [-0.25, -0.2) is 0 Å². The molecular formula is C12H14N4OS. The monoisotopic (exact) mass is 262 g/mol. The van der Waals surface area contributed by atoms with Crippen molar-refractivity contribution in [2.75, 3.05) is 6.54 Å². The molecule has 94 valence electrons. The van der Waals surface area contributed by atoms with Gasteiger partial charge < -0.3 is 15.0 Å². The number of aryl methyl sites for hydroxylation is 1. The van der Waals surface area contributed by atoms with Gasteiger partial charge in [-0.1, -0.05) is 18.2 Å². The van der Waals surface area contributed by atoms with Crippen molar-refractivity contribution in [3.8, 4) is 5.88 Å². The summed E-state index contributed by atoms with van der Waals surface area (Å²) in [5.41, 5.74) is 1.34. The smallest absolute Gasteiger partial charge is 0.220 e. The maximum Gasteiger partial charge on any atom is 0.220 e. The lowest BCUT2D eigenvalue weighted by atomic mass is 10.2. The van der Waals surface area contributed by atoms with Crippen LogP contribution in [0.3, 0.4) is 0 Å². The van der Waals surface area contributed by atoms with Crippen LogP contribution in [-0.4, -0.2) is 21.3 Å². The number of thiocarbonyl (C=S) groups is 1. The SMILES string of the molecule is CCNC(=S)N=Nc1c(O)n(C)c2ccccc12. The van der Waals surface area contributed by atoms with Gasteiger partial charge in [0.1, 0.15) is 0 Å². The molecule has 5 nitrogen and oxygen atoms in total. The fourth-order valence-corrected chi connectivity index (χ4v) is 1.93. The Labute approximate surface area is 110 Å². The Kier molecular flexibility index (Phi) is 3.57. The molecule has 2 rings (SSSR count). The molecule has 0 amide bonds. The molecule has 18 heavy (non-hydrogen) atoms. The van der Waals surface area contributed by atoms with E-state index in [1.807, 2.05) is 31.2 Å². The van der Waals surface area contributed by atoms with Gasteiger partial charge in [-0.05, 0) is 25.2 Å². The van der Waals surface area contributed by atoms with Crippen LogP contribution >= 0.6 is 12.2 Å². The number of hydrogen-bond donors (Lipinski definition) is 2. The summed E-state index contributed by atoms with van der Waals surface area (Å²) in [6.07, 6.45) is 0. The van der Waals surface area contributed by atoms with E-state index in [9.17, 15) is 5.11 Å². The number of para-hydroxylation sites is 1. The fourth-order valence-electron chi connectivity index (χ4n) is 1.74. The quantitative estimate of drug-likeness (QED) is 0.646. The molecule has 0 unspecified atom stereocenters. The Bertz CT molecular complexity index is 618. The summed E-state index contributed by atoms with van der Waals surface area (Å²) in [5.74, 6) is 0.0826. The first kappa shape index (κ1) is 12.5. The van der Waals surface area contributed by atoms with Crippen molar-refractivity contribution in [2.45, 2.75) is 6.92 Å². The van der Waals surface area contributed by atoms with Crippen molar-refractivity contribution >= 4 is 33.9 Å². The zero-order valence-corrected chi connectivity index (χ0v) is 11.0. The third kappa shape index (κ3) is 2.19. The van der Waals surface area contributed by atoms with Gasteiger partial charge in [0.15, 0.2) is 5.69 Å². The number of nitrogens with one attached hydrogen (secondary N) is 1. The topological polar surface area (TPSA) is 61.9 Å². The standard InChI is InChI=1S/C12H14N4OS/c1-3-13-12(18)15-14-10-8-6-4-5-7-9(8)16(2)11(10)17/h4-7,17H,3H2,1-2H3,(H,13,18). The predicted octanol–water partition coefficient (Wildman–Crippen LogP) is 2.86. The summed E-state index contributed by atoms with van der Waals surface area (Å²) in [4.78, 5) is 0. The van der Waals surface area contributed by atoms with Gasteiger partial charge in [0.25, 0.3) is 0 Å². The normalized spacial score (nSPS) is 11.2. The summed E-state index contributed by atoms with van der Waals surface area (Å²) in [5, 5.41) is 21.9. The van der Waals surface area contributed by atoms with Gasteiger partial charge in [0.2, 0.25) is 11.0 Å². The van der Waals surface area contributed by atoms with Crippen molar-refractivity contribution in [1.82, 2.24) is 9.88 Å². The zero-order valence-electron chi connectivity index (χ0n) is 10.2. The highest BCUT2D eigenvalue weighted by atomic mass is 32.1. The Morgan fingerprint density at radius 3 is 2.89 bits per heavy atom. The molecule has 0 radical (unpaired) electrons. The molecule has 0 atom stereocenters. The van der Waals surface area contributed by atoms with Crippen molar-refractivity contribution in [2.24, 2.45) is 17.3 Å². The molecule has 1 aromatic heterocycles. The third-order valence-corrected chi connectivity index (χ3v) is 2.84. The van der Waals surface area contributed by atoms with Crippen molar-refractivity contribution in [3.63, 3.8) is 0 Å². The van der Waals surface area contributed by atoms with Gasteiger partial charge in [-0.2, -0.15) is 0 Å². The Balaban J connectivity index is 2.45. The third-order valence-electron chi connectivity index (χ3n) is 2.62. The zero-order chi connectivity index (χ0) is 13.1. The van der Waals surface area contributed by atoms with Crippen LogP contribution in [0, 0.1) is 0 Å². The van der Waals surface area contributed by atoms with E-state index < -0.39 is 0 Å². The number of fused-ring (bicyclic) bond motifs is 1. The molecule has 0 saturated heterocycles. The van der Waals surface area contributed by atoms with E-state index in [1.54, 1.807) is 11.6 Å². The second kappa shape index (κ2) is 5.14. The summed E-state index contributed by atoms with van der Waals surface area (Å²) >= 11 is 4.97. The summed E-state index contributed by atoms with van der Waals surface area (Å²) in [6, 6.07) is 7.60. The minimum absolute atomic E-state index is 0.0826. The molecule has 6 heteroatoms. The van der Waals surface area contributed by atoms with Gasteiger partial charge in [-0.15, -0.1) is 10.2 Å². The van der Waals surface area contributed by atoms with Crippen LogP contribution in [-0.2, 0) is 7.05 Å². The van der Waals surface area contributed by atoms with Crippen molar-refractivity contribution in [1.29, 1.82) is 0 Å². The second-order valence-corrected chi connectivity index (χ2v) is 4.17. The van der Waals surface area contributed by atoms with Gasteiger partial charge in [-0.3, -0.25) is 0 Å². The van der Waals surface area contributed by atoms with E-state index in [-0.39, 0.29) is 5.88 Å². The highest BCUT2D eigenvalue weighted by molar-refractivity contribution is 7.80. The molecule has 0 aliphatic heterocycles. The summed E-state index contributed by atoms with van der Waals surface area (Å²) in [7, 11) is 1.78. The predicted molar refractivity (Wildman–Crippen MR) is 75.4 cm³/mol. The van der Waals surface area contributed by atoms with Gasteiger partial charge in [0.05, 0.1) is 5.52 Å². The van der Waals surface area contributed by atoms with E-state index in [4.69, 9.17) is 12.2 Å². The lowest BCUT2D eigenvalue weighted by Crippen LogP contribution is -2.17. The van der Waals surface area contributed by atoms with Crippen LogP contribution in [0.4, 0.5) is 5.69 Å².